The number of amides is 1. The second kappa shape index (κ2) is 7.49. The predicted molar refractivity (Wildman–Crippen MR) is 103 cm³/mol. The molecule has 1 aromatic heterocycles. The van der Waals surface area contributed by atoms with Gasteiger partial charge in [-0.15, -0.1) is 0 Å². The molecular formula is C22H18F3N3O3. The SMILES string of the molecule is O=C1c2cc(-c3noc(C(F)(F)F)n3)ccc2CN1[C@@H]1CCOC[C@H]1c1ccccc1. The summed E-state index contributed by atoms with van der Waals surface area (Å²) >= 11 is 0. The Morgan fingerprint density at radius 3 is 2.65 bits per heavy atom. The van der Waals surface area contributed by atoms with Crippen LogP contribution in [0.15, 0.2) is 53.1 Å². The number of benzene rings is 2. The third kappa shape index (κ3) is 3.59. The average molecular weight is 429 g/mol. The highest BCUT2D eigenvalue weighted by atomic mass is 19.4. The molecule has 0 spiro atoms. The monoisotopic (exact) mass is 429 g/mol. The number of hydrogen-bond donors (Lipinski definition) is 0. The summed E-state index contributed by atoms with van der Waals surface area (Å²) in [5, 5.41) is 3.42. The second-order valence-corrected chi connectivity index (χ2v) is 7.67. The Bertz CT molecular complexity index is 1110. The van der Waals surface area contributed by atoms with Gasteiger partial charge < -0.3 is 14.2 Å². The third-order valence-corrected chi connectivity index (χ3v) is 5.82. The van der Waals surface area contributed by atoms with Crippen LogP contribution in [0, 0.1) is 0 Å². The van der Waals surface area contributed by atoms with Crippen molar-refractivity contribution >= 4 is 5.91 Å². The number of hydrogen-bond acceptors (Lipinski definition) is 5. The smallest absolute Gasteiger partial charge is 0.381 e. The van der Waals surface area contributed by atoms with E-state index in [1.807, 2.05) is 35.2 Å². The van der Waals surface area contributed by atoms with Gasteiger partial charge in [-0.2, -0.15) is 18.2 Å². The lowest BCUT2D eigenvalue weighted by molar-refractivity contribution is -0.159. The van der Waals surface area contributed by atoms with E-state index in [1.54, 1.807) is 18.2 Å². The van der Waals surface area contributed by atoms with Crippen molar-refractivity contribution in [3.05, 3.63) is 71.1 Å². The van der Waals surface area contributed by atoms with Crippen LogP contribution in [0.4, 0.5) is 13.2 Å². The lowest BCUT2D eigenvalue weighted by Crippen LogP contribution is -2.44. The molecule has 2 aromatic carbocycles. The Kier molecular flexibility index (Phi) is 4.77. The molecule has 0 unspecified atom stereocenters. The predicted octanol–water partition coefficient (Wildman–Crippen LogP) is 4.28. The molecule has 9 heteroatoms. The summed E-state index contributed by atoms with van der Waals surface area (Å²) in [5.74, 6) is -1.71. The molecule has 1 amide bonds. The van der Waals surface area contributed by atoms with Gasteiger partial charge in [0.25, 0.3) is 5.91 Å². The number of ether oxygens (including phenoxy) is 1. The molecule has 2 aliphatic heterocycles. The van der Waals surface area contributed by atoms with E-state index >= 15 is 0 Å². The zero-order valence-electron chi connectivity index (χ0n) is 16.3. The van der Waals surface area contributed by atoms with Crippen LogP contribution in [0.1, 0.15) is 39.7 Å². The van der Waals surface area contributed by atoms with Crippen molar-refractivity contribution in [3.8, 4) is 11.4 Å². The molecule has 6 nitrogen and oxygen atoms in total. The summed E-state index contributed by atoms with van der Waals surface area (Å²) in [5.41, 5.74) is 2.70. The summed E-state index contributed by atoms with van der Waals surface area (Å²) in [4.78, 5) is 18.5. The average Bonchev–Trinajstić information content (AvgIpc) is 3.40. The van der Waals surface area contributed by atoms with Crippen LogP contribution < -0.4 is 0 Å². The summed E-state index contributed by atoms with van der Waals surface area (Å²) in [6.45, 7) is 1.55. The van der Waals surface area contributed by atoms with Crippen molar-refractivity contribution < 1.29 is 27.2 Å². The first-order valence-corrected chi connectivity index (χ1v) is 9.89. The quantitative estimate of drug-likeness (QED) is 0.622. The molecule has 1 fully saturated rings. The van der Waals surface area contributed by atoms with Crippen LogP contribution in [0.3, 0.4) is 0 Å². The number of rotatable bonds is 3. The van der Waals surface area contributed by atoms with Gasteiger partial charge in [0.05, 0.1) is 6.61 Å². The van der Waals surface area contributed by atoms with Crippen LogP contribution in [-0.2, 0) is 17.5 Å². The van der Waals surface area contributed by atoms with E-state index in [2.05, 4.69) is 14.7 Å². The van der Waals surface area contributed by atoms with E-state index in [1.165, 1.54) is 0 Å². The van der Waals surface area contributed by atoms with Gasteiger partial charge in [-0.05, 0) is 23.6 Å². The number of carbonyl (C=O) groups is 1. The summed E-state index contributed by atoms with van der Waals surface area (Å²) in [6, 6.07) is 14.8. The van der Waals surface area contributed by atoms with Crippen LogP contribution in [0.5, 0.6) is 0 Å². The zero-order valence-corrected chi connectivity index (χ0v) is 16.3. The fourth-order valence-corrected chi connectivity index (χ4v) is 4.30. The van der Waals surface area contributed by atoms with E-state index in [-0.39, 0.29) is 23.7 Å². The maximum absolute atomic E-state index is 13.3. The number of halogens is 3. The first-order valence-electron chi connectivity index (χ1n) is 9.89. The minimum absolute atomic E-state index is 0.0264. The largest absolute Gasteiger partial charge is 0.471 e. The number of nitrogens with zero attached hydrogens (tertiary/aromatic N) is 3. The molecule has 160 valence electrons. The highest BCUT2D eigenvalue weighted by Gasteiger charge is 2.40. The van der Waals surface area contributed by atoms with Crippen molar-refractivity contribution in [2.75, 3.05) is 13.2 Å². The normalized spacial score (nSPS) is 21.4. The van der Waals surface area contributed by atoms with E-state index < -0.39 is 12.1 Å². The molecule has 3 heterocycles. The first-order chi connectivity index (χ1) is 14.9. The minimum Gasteiger partial charge on any atom is -0.381 e. The standard InChI is InChI=1S/C22H18F3N3O3/c23-22(24,25)21-26-19(27-31-21)14-6-7-15-11-28(20(29)16(15)10-14)18-8-9-30-12-17(18)13-4-2-1-3-5-13/h1-7,10,17-18H,8-9,11-12H2/t17-,18+/m0/s1. The maximum Gasteiger partial charge on any atom is 0.471 e. The van der Waals surface area contributed by atoms with E-state index in [9.17, 15) is 18.0 Å². The second-order valence-electron chi connectivity index (χ2n) is 7.67. The summed E-state index contributed by atoms with van der Waals surface area (Å²) in [7, 11) is 0. The van der Waals surface area contributed by atoms with Gasteiger partial charge in [-0.25, -0.2) is 0 Å². The molecule has 0 radical (unpaired) electrons. The molecular weight excluding hydrogens is 411 g/mol. The molecule has 3 aromatic rings. The number of alkyl halides is 3. The van der Waals surface area contributed by atoms with Crippen molar-refractivity contribution in [1.29, 1.82) is 0 Å². The Hall–Kier alpha value is -3.20. The summed E-state index contributed by atoms with van der Waals surface area (Å²) < 4.78 is 48.3. The Morgan fingerprint density at radius 1 is 1.10 bits per heavy atom. The van der Waals surface area contributed by atoms with Gasteiger partial charge in [-0.3, -0.25) is 4.79 Å². The Labute approximate surface area is 175 Å². The Morgan fingerprint density at radius 2 is 1.90 bits per heavy atom. The highest BCUT2D eigenvalue weighted by molar-refractivity contribution is 5.99. The Balaban J connectivity index is 1.43. The number of carbonyl (C=O) groups excluding carboxylic acids is 1. The molecule has 2 aliphatic rings. The van der Waals surface area contributed by atoms with Crippen molar-refractivity contribution in [2.24, 2.45) is 0 Å². The zero-order chi connectivity index (χ0) is 21.6. The van der Waals surface area contributed by atoms with Gasteiger partial charge in [0.2, 0.25) is 5.82 Å². The first kappa shape index (κ1) is 19.7. The van der Waals surface area contributed by atoms with E-state index in [0.29, 0.717) is 37.3 Å². The topological polar surface area (TPSA) is 68.5 Å². The maximum atomic E-state index is 13.3. The van der Waals surface area contributed by atoms with Crippen LogP contribution in [-0.4, -0.2) is 40.2 Å². The van der Waals surface area contributed by atoms with Crippen LogP contribution in [0.2, 0.25) is 0 Å². The number of fused-ring (bicyclic) bond motifs is 1. The molecule has 2 atom stereocenters. The van der Waals surface area contributed by atoms with Gasteiger partial charge in [-0.1, -0.05) is 47.6 Å². The minimum atomic E-state index is -4.72. The van der Waals surface area contributed by atoms with Gasteiger partial charge >= 0.3 is 12.1 Å². The van der Waals surface area contributed by atoms with E-state index in [0.717, 1.165) is 11.1 Å². The van der Waals surface area contributed by atoms with Crippen LogP contribution >= 0.6 is 0 Å². The van der Waals surface area contributed by atoms with Gasteiger partial charge in [0.1, 0.15) is 0 Å². The van der Waals surface area contributed by atoms with Crippen molar-refractivity contribution in [3.63, 3.8) is 0 Å². The highest BCUT2D eigenvalue weighted by Crippen LogP contribution is 2.36. The van der Waals surface area contributed by atoms with Crippen molar-refractivity contribution in [2.45, 2.75) is 31.1 Å². The molecule has 0 N–H and O–H groups in total. The molecule has 0 aliphatic carbocycles. The van der Waals surface area contributed by atoms with Gasteiger partial charge in [0.15, 0.2) is 0 Å². The lowest BCUT2D eigenvalue weighted by atomic mass is 9.87. The van der Waals surface area contributed by atoms with E-state index in [4.69, 9.17) is 4.74 Å². The molecule has 0 bridgehead atoms. The molecule has 0 saturated carbocycles. The number of aromatic nitrogens is 2. The lowest BCUT2D eigenvalue weighted by Gasteiger charge is -2.38. The summed E-state index contributed by atoms with van der Waals surface area (Å²) in [6.07, 6.45) is -4.00. The van der Waals surface area contributed by atoms with Crippen LogP contribution in [0.25, 0.3) is 11.4 Å². The molecule has 1 saturated heterocycles. The third-order valence-electron chi connectivity index (χ3n) is 5.82. The molecule has 31 heavy (non-hydrogen) atoms. The molecule has 5 rings (SSSR count). The fraction of sp³-hybridized carbons (Fsp3) is 0.318. The van der Waals surface area contributed by atoms with Crippen molar-refractivity contribution in [1.82, 2.24) is 15.0 Å². The fourth-order valence-electron chi connectivity index (χ4n) is 4.30. The van der Waals surface area contributed by atoms with Gasteiger partial charge in [0, 0.05) is 36.2 Å².